The molecule has 14 heavy (non-hydrogen) atoms. The smallest absolute Gasteiger partial charge is 0.259 e. The van der Waals surface area contributed by atoms with Crippen molar-refractivity contribution >= 4 is 23.2 Å². The Morgan fingerprint density at radius 3 is 2.71 bits per heavy atom. The lowest BCUT2D eigenvalue weighted by Crippen LogP contribution is -2.17. The number of hydrogen-bond donors (Lipinski definition) is 0. The standard InChI is InChI=1S/C7H9Cl2N3O2/c1-3-13-4(2)14-7-5(8)6(9)10-12-11-7/h4H,3H2,1-2H3. The lowest BCUT2D eigenvalue weighted by atomic mass is 10.6. The van der Waals surface area contributed by atoms with Crippen molar-refractivity contribution in [1.82, 2.24) is 15.4 Å². The van der Waals surface area contributed by atoms with E-state index in [1.54, 1.807) is 6.92 Å². The summed E-state index contributed by atoms with van der Waals surface area (Å²) >= 11 is 11.4. The fourth-order valence-corrected chi connectivity index (χ4v) is 1.01. The highest BCUT2D eigenvalue weighted by atomic mass is 35.5. The van der Waals surface area contributed by atoms with E-state index in [4.69, 9.17) is 32.7 Å². The Morgan fingerprint density at radius 2 is 2.07 bits per heavy atom. The third-order valence-electron chi connectivity index (χ3n) is 1.32. The lowest BCUT2D eigenvalue weighted by Gasteiger charge is -2.13. The van der Waals surface area contributed by atoms with Crippen LogP contribution in [0.3, 0.4) is 0 Å². The normalized spacial score (nSPS) is 12.6. The molecule has 78 valence electrons. The molecule has 1 heterocycles. The molecule has 0 spiro atoms. The van der Waals surface area contributed by atoms with Crippen LogP contribution in [0.4, 0.5) is 0 Å². The van der Waals surface area contributed by atoms with Crippen LogP contribution >= 0.6 is 23.2 Å². The Kier molecular flexibility index (Phi) is 4.31. The van der Waals surface area contributed by atoms with Crippen LogP contribution in [0.5, 0.6) is 5.88 Å². The zero-order chi connectivity index (χ0) is 10.6. The molecule has 0 fully saturated rings. The van der Waals surface area contributed by atoms with E-state index in [-0.39, 0.29) is 16.1 Å². The summed E-state index contributed by atoms with van der Waals surface area (Å²) in [5, 5.41) is 10.6. The first kappa shape index (κ1) is 11.4. The molecule has 5 nitrogen and oxygen atoms in total. The molecule has 1 unspecified atom stereocenters. The van der Waals surface area contributed by atoms with Gasteiger partial charge >= 0.3 is 0 Å². The van der Waals surface area contributed by atoms with Gasteiger partial charge < -0.3 is 9.47 Å². The van der Waals surface area contributed by atoms with Gasteiger partial charge in [0.2, 0.25) is 0 Å². The quantitative estimate of drug-likeness (QED) is 0.750. The molecule has 0 aromatic carbocycles. The number of aromatic nitrogens is 3. The van der Waals surface area contributed by atoms with Gasteiger partial charge in [0.05, 0.1) is 0 Å². The Balaban J connectivity index is 2.71. The van der Waals surface area contributed by atoms with Gasteiger partial charge in [0, 0.05) is 6.61 Å². The van der Waals surface area contributed by atoms with Crippen molar-refractivity contribution < 1.29 is 9.47 Å². The van der Waals surface area contributed by atoms with Crippen LogP contribution in [0.1, 0.15) is 13.8 Å². The van der Waals surface area contributed by atoms with Gasteiger partial charge in [0.1, 0.15) is 5.02 Å². The zero-order valence-corrected chi connectivity index (χ0v) is 9.21. The van der Waals surface area contributed by atoms with Crippen molar-refractivity contribution in [3.63, 3.8) is 0 Å². The second kappa shape index (κ2) is 5.29. The molecule has 0 amide bonds. The van der Waals surface area contributed by atoms with Gasteiger partial charge in [-0.2, -0.15) is 0 Å². The third kappa shape index (κ3) is 2.94. The predicted octanol–water partition coefficient (Wildman–Crippen LogP) is 1.94. The van der Waals surface area contributed by atoms with Crippen LogP contribution in [0.15, 0.2) is 0 Å². The maximum atomic E-state index is 5.76. The summed E-state index contributed by atoms with van der Waals surface area (Å²) < 4.78 is 10.3. The van der Waals surface area contributed by atoms with Gasteiger partial charge in [-0.15, -0.1) is 5.10 Å². The highest BCUT2D eigenvalue weighted by molar-refractivity contribution is 6.41. The average molecular weight is 238 g/mol. The van der Waals surface area contributed by atoms with Gasteiger partial charge in [-0.1, -0.05) is 28.3 Å². The van der Waals surface area contributed by atoms with Crippen LogP contribution in [0.2, 0.25) is 10.2 Å². The van der Waals surface area contributed by atoms with Crippen LogP contribution in [0.25, 0.3) is 0 Å². The van der Waals surface area contributed by atoms with E-state index < -0.39 is 6.29 Å². The van der Waals surface area contributed by atoms with Crippen LogP contribution in [0, 0.1) is 0 Å². The summed E-state index contributed by atoms with van der Waals surface area (Å²) in [5.74, 6) is 0.118. The Hall–Kier alpha value is -0.650. The molecule has 1 rings (SSSR count). The highest BCUT2D eigenvalue weighted by Gasteiger charge is 2.12. The molecule has 1 aromatic heterocycles. The summed E-state index contributed by atoms with van der Waals surface area (Å²) in [5.41, 5.74) is 0. The van der Waals surface area contributed by atoms with Crippen molar-refractivity contribution in [2.24, 2.45) is 0 Å². The first-order chi connectivity index (χ1) is 6.65. The maximum Gasteiger partial charge on any atom is 0.259 e. The van der Waals surface area contributed by atoms with Gasteiger partial charge in [-0.05, 0) is 19.1 Å². The maximum absolute atomic E-state index is 5.76. The second-order valence-corrected chi connectivity index (χ2v) is 3.08. The predicted molar refractivity (Wildman–Crippen MR) is 51.6 cm³/mol. The molecule has 0 aliphatic heterocycles. The van der Waals surface area contributed by atoms with Crippen LogP contribution in [-0.2, 0) is 4.74 Å². The number of halogens is 2. The SMILES string of the molecule is CCOC(C)Oc1nnnc(Cl)c1Cl. The number of ether oxygens (including phenoxy) is 2. The summed E-state index contributed by atoms with van der Waals surface area (Å²) in [6, 6.07) is 0. The van der Waals surface area contributed by atoms with Gasteiger partial charge in [0.25, 0.3) is 5.88 Å². The molecule has 0 N–H and O–H groups in total. The van der Waals surface area contributed by atoms with E-state index in [0.29, 0.717) is 6.61 Å². The minimum atomic E-state index is -0.453. The molecule has 0 bridgehead atoms. The largest absolute Gasteiger partial charge is 0.446 e. The lowest BCUT2D eigenvalue weighted by molar-refractivity contribution is -0.0642. The summed E-state index contributed by atoms with van der Waals surface area (Å²) in [4.78, 5) is 0. The first-order valence-electron chi connectivity index (χ1n) is 3.97. The molecule has 1 aromatic rings. The van der Waals surface area contributed by atoms with Crippen molar-refractivity contribution in [1.29, 1.82) is 0 Å². The molecule has 1 atom stereocenters. The molecule has 0 radical (unpaired) electrons. The highest BCUT2D eigenvalue weighted by Crippen LogP contribution is 2.27. The van der Waals surface area contributed by atoms with Crippen molar-refractivity contribution in [2.75, 3.05) is 6.61 Å². The molecular formula is C7H9Cl2N3O2. The van der Waals surface area contributed by atoms with E-state index in [9.17, 15) is 0 Å². The molecule has 7 heteroatoms. The van der Waals surface area contributed by atoms with E-state index >= 15 is 0 Å². The van der Waals surface area contributed by atoms with E-state index in [1.165, 1.54) is 0 Å². The van der Waals surface area contributed by atoms with Gasteiger partial charge in [-0.25, -0.2) is 0 Å². The first-order valence-corrected chi connectivity index (χ1v) is 4.73. The van der Waals surface area contributed by atoms with E-state index in [0.717, 1.165) is 0 Å². The molecule has 0 aliphatic carbocycles. The Morgan fingerprint density at radius 1 is 1.36 bits per heavy atom. The third-order valence-corrected chi connectivity index (χ3v) is 2.02. The Bertz CT molecular complexity index is 311. The second-order valence-electron chi connectivity index (χ2n) is 2.34. The minimum absolute atomic E-state index is 0.0559. The van der Waals surface area contributed by atoms with Crippen molar-refractivity contribution in [3.8, 4) is 5.88 Å². The fourth-order valence-electron chi connectivity index (χ4n) is 0.780. The molecule has 0 saturated carbocycles. The van der Waals surface area contributed by atoms with E-state index in [1.807, 2.05) is 6.92 Å². The topological polar surface area (TPSA) is 57.1 Å². The Labute approximate surface area is 91.3 Å². The summed E-state index contributed by atoms with van der Waals surface area (Å²) in [6.45, 7) is 4.10. The van der Waals surface area contributed by atoms with Crippen molar-refractivity contribution in [3.05, 3.63) is 10.2 Å². The van der Waals surface area contributed by atoms with Crippen LogP contribution < -0.4 is 4.74 Å². The summed E-state index contributed by atoms with van der Waals surface area (Å²) in [6.07, 6.45) is -0.453. The minimum Gasteiger partial charge on any atom is -0.446 e. The zero-order valence-electron chi connectivity index (χ0n) is 7.70. The van der Waals surface area contributed by atoms with Gasteiger partial charge in [-0.3, -0.25) is 0 Å². The number of rotatable bonds is 4. The average Bonchev–Trinajstić information content (AvgIpc) is 2.13. The molecule has 0 saturated heterocycles. The summed E-state index contributed by atoms with van der Waals surface area (Å²) in [7, 11) is 0. The molecular weight excluding hydrogens is 229 g/mol. The number of hydrogen-bond acceptors (Lipinski definition) is 5. The van der Waals surface area contributed by atoms with Gasteiger partial charge in [0.15, 0.2) is 11.4 Å². The van der Waals surface area contributed by atoms with Crippen LogP contribution in [-0.4, -0.2) is 28.3 Å². The number of nitrogens with zero attached hydrogens (tertiary/aromatic N) is 3. The molecule has 0 aliphatic rings. The van der Waals surface area contributed by atoms with E-state index in [2.05, 4.69) is 15.4 Å². The monoisotopic (exact) mass is 237 g/mol. The fraction of sp³-hybridized carbons (Fsp3) is 0.571. The van der Waals surface area contributed by atoms with Crippen molar-refractivity contribution in [2.45, 2.75) is 20.1 Å².